The molecule has 0 saturated carbocycles. The second kappa shape index (κ2) is 8.56. The molecule has 5 nitrogen and oxygen atoms in total. The SMILES string of the molecule is Cc1ccccc1-c1nnc(S[C@@H](C)C(=O)N[C@H](C)c2ccc(F)cc2)n1C. The number of aryl methyl sites for hydroxylation is 1. The quantitative estimate of drug-likeness (QED) is 0.630. The van der Waals surface area contributed by atoms with Gasteiger partial charge in [0.1, 0.15) is 5.82 Å². The molecule has 1 N–H and O–H groups in total. The van der Waals surface area contributed by atoms with Crippen LogP contribution >= 0.6 is 11.8 Å². The van der Waals surface area contributed by atoms with Crippen LogP contribution in [0.4, 0.5) is 4.39 Å². The van der Waals surface area contributed by atoms with E-state index in [1.807, 2.05) is 56.7 Å². The highest BCUT2D eigenvalue weighted by Crippen LogP contribution is 2.27. The molecule has 2 atom stereocenters. The summed E-state index contributed by atoms with van der Waals surface area (Å²) in [6.45, 7) is 5.74. The molecule has 0 saturated heterocycles. The van der Waals surface area contributed by atoms with Gasteiger partial charge in [-0.05, 0) is 44.0 Å². The van der Waals surface area contributed by atoms with Crippen LogP contribution in [0.25, 0.3) is 11.4 Å². The van der Waals surface area contributed by atoms with E-state index in [1.54, 1.807) is 12.1 Å². The Hall–Kier alpha value is -2.67. The fraction of sp³-hybridized carbons (Fsp3) is 0.286. The lowest BCUT2D eigenvalue weighted by Crippen LogP contribution is -2.33. The molecule has 2 aromatic carbocycles. The average molecular weight is 399 g/mol. The van der Waals surface area contributed by atoms with Crippen LogP contribution in [-0.4, -0.2) is 25.9 Å². The number of amides is 1. The van der Waals surface area contributed by atoms with Gasteiger partial charge in [-0.3, -0.25) is 4.79 Å². The summed E-state index contributed by atoms with van der Waals surface area (Å²) in [5, 5.41) is 11.8. The molecule has 28 heavy (non-hydrogen) atoms. The maximum atomic E-state index is 13.1. The number of aromatic nitrogens is 3. The van der Waals surface area contributed by atoms with Crippen LogP contribution < -0.4 is 5.32 Å². The van der Waals surface area contributed by atoms with Crippen molar-refractivity contribution in [3.63, 3.8) is 0 Å². The van der Waals surface area contributed by atoms with E-state index in [9.17, 15) is 9.18 Å². The third-order valence-corrected chi connectivity index (χ3v) is 5.74. The molecule has 0 aliphatic rings. The van der Waals surface area contributed by atoms with Gasteiger partial charge in [0.25, 0.3) is 0 Å². The minimum absolute atomic E-state index is 0.109. The van der Waals surface area contributed by atoms with Gasteiger partial charge in [-0.25, -0.2) is 4.39 Å². The van der Waals surface area contributed by atoms with Gasteiger partial charge in [-0.15, -0.1) is 10.2 Å². The lowest BCUT2D eigenvalue weighted by Gasteiger charge is -2.17. The average Bonchev–Trinajstić information content (AvgIpc) is 3.03. The fourth-order valence-electron chi connectivity index (χ4n) is 2.85. The lowest BCUT2D eigenvalue weighted by molar-refractivity contribution is -0.120. The summed E-state index contributed by atoms with van der Waals surface area (Å²) in [5.74, 6) is 0.369. The maximum Gasteiger partial charge on any atom is 0.233 e. The van der Waals surface area contributed by atoms with Crippen molar-refractivity contribution in [2.24, 2.45) is 7.05 Å². The Bertz CT molecular complexity index is 971. The molecule has 1 heterocycles. The van der Waals surface area contributed by atoms with Crippen molar-refractivity contribution in [1.82, 2.24) is 20.1 Å². The van der Waals surface area contributed by atoms with Crippen LogP contribution in [0.15, 0.2) is 53.7 Å². The summed E-state index contributed by atoms with van der Waals surface area (Å²) in [4.78, 5) is 12.6. The molecule has 0 aliphatic carbocycles. The Morgan fingerprint density at radius 2 is 1.79 bits per heavy atom. The van der Waals surface area contributed by atoms with Gasteiger partial charge >= 0.3 is 0 Å². The summed E-state index contributed by atoms with van der Waals surface area (Å²) >= 11 is 1.36. The van der Waals surface area contributed by atoms with E-state index in [2.05, 4.69) is 15.5 Å². The number of hydrogen-bond donors (Lipinski definition) is 1. The number of nitrogens with one attached hydrogen (secondary N) is 1. The van der Waals surface area contributed by atoms with Crippen LogP contribution in [-0.2, 0) is 11.8 Å². The van der Waals surface area contributed by atoms with E-state index in [0.717, 1.165) is 22.5 Å². The van der Waals surface area contributed by atoms with Gasteiger partial charge in [0, 0.05) is 12.6 Å². The molecule has 3 rings (SSSR count). The molecule has 0 radical (unpaired) electrons. The third-order valence-electron chi connectivity index (χ3n) is 4.60. The Balaban J connectivity index is 1.67. The molecule has 0 fully saturated rings. The second-order valence-corrected chi connectivity index (χ2v) is 8.03. The zero-order valence-electron chi connectivity index (χ0n) is 16.3. The van der Waals surface area contributed by atoms with Gasteiger partial charge in [-0.2, -0.15) is 0 Å². The zero-order chi connectivity index (χ0) is 20.3. The molecular formula is C21H23FN4OS. The third kappa shape index (κ3) is 4.42. The standard InChI is InChI=1S/C21H23FN4OS/c1-13-7-5-6-8-18(13)19-24-25-21(26(19)4)28-15(3)20(27)23-14(2)16-9-11-17(22)12-10-16/h5-12,14-15H,1-4H3,(H,23,27)/t14-,15+/m1/s1. The first kappa shape index (κ1) is 20.1. The molecule has 0 spiro atoms. The van der Waals surface area contributed by atoms with Gasteiger partial charge in [-0.1, -0.05) is 48.2 Å². The van der Waals surface area contributed by atoms with Crippen LogP contribution in [0.3, 0.4) is 0 Å². The second-order valence-electron chi connectivity index (χ2n) is 6.72. The predicted octanol–water partition coefficient (Wildman–Crippen LogP) is 4.29. The van der Waals surface area contributed by atoms with Crippen molar-refractivity contribution in [3.8, 4) is 11.4 Å². The lowest BCUT2D eigenvalue weighted by atomic mass is 10.1. The molecule has 0 bridgehead atoms. The highest BCUT2D eigenvalue weighted by atomic mass is 32.2. The van der Waals surface area contributed by atoms with Crippen molar-refractivity contribution in [1.29, 1.82) is 0 Å². The molecule has 1 amide bonds. The first-order valence-corrected chi connectivity index (χ1v) is 9.92. The molecule has 7 heteroatoms. The Morgan fingerprint density at radius 1 is 1.11 bits per heavy atom. The number of carbonyl (C=O) groups is 1. The summed E-state index contributed by atoms with van der Waals surface area (Å²) in [7, 11) is 1.90. The van der Waals surface area contributed by atoms with E-state index in [0.29, 0.717) is 5.16 Å². The number of nitrogens with zero attached hydrogens (tertiary/aromatic N) is 3. The van der Waals surface area contributed by atoms with Crippen molar-refractivity contribution in [3.05, 3.63) is 65.5 Å². The Kier molecular flexibility index (Phi) is 6.14. The number of benzene rings is 2. The molecule has 0 aliphatic heterocycles. The van der Waals surface area contributed by atoms with Crippen molar-refractivity contribution in [2.45, 2.75) is 37.2 Å². The first-order chi connectivity index (χ1) is 13.4. The van der Waals surface area contributed by atoms with E-state index < -0.39 is 0 Å². The topological polar surface area (TPSA) is 59.8 Å². The number of hydrogen-bond acceptors (Lipinski definition) is 4. The normalized spacial score (nSPS) is 13.2. The maximum absolute atomic E-state index is 13.1. The number of halogens is 1. The highest BCUT2D eigenvalue weighted by Gasteiger charge is 2.21. The monoisotopic (exact) mass is 398 g/mol. The van der Waals surface area contributed by atoms with E-state index in [-0.39, 0.29) is 23.0 Å². The van der Waals surface area contributed by atoms with E-state index in [4.69, 9.17) is 0 Å². The number of carbonyl (C=O) groups excluding carboxylic acids is 1. The molecule has 0 unspecified atom stereocenters. The summed E-state index contributed by atoms with van der Waals surface area (Å²) < 4.78 is 15.0. The van der Waals surface area contributed by atoms with Crippen LogP contribution in [0.1, 0.15) is 31.0 Å². The van der Waals surface area contributed by atoms with Crippen molar-refractivity contribution >= 4 is 17.7 Å². The largest absolute Gasteiger partial charge is 0.349 e. The predicted molar refractivity (Wildman–Crippen MR) is 109 cm³/mol. The summed E-state index contributed by atoms with van der Waals surface area (Å²) in [6.07, 6.45) is 0. The van der Waals surface area contributed by atoms with Gasteiger partial charge in [0.05, 0.1) is 11.3 Å². The highest BCUT2D eigenvalue weighted by molar-refractivity contribution is 8.00. The van der Waals surface area contributed by atoms with Crippen LogP contribution in [0, 0.1) is 12.7 Å². The fourth-order valence-corrected chi connectivity index (χ4v) is 3.68. The first-order valence-electron chi connectivity index (χ1n) is 9.04. The van der Waals surface area contributed by atoms with Gasteiger partial charge in [0.2, 0.25) is 5.91 Å². The van der Waals surface area contributed by atoms with Crippen LogP contribution in [0.5, 0.6) is 0 Å². The van der Waals surface area contributed by atoms with Crippen molar-refractivity contribution < 1.29 is 9.18 Å². The smallest absolute Gasteiger partial charge is 0.233 e. The van der Waals surface area contributed by atoms with Gasteiger partial charge in [0.15, 0.2) is 11.0 Å². The molecular weight excluding hydrogens is 375 g/mol. The van der Waals surface area contributed by atoms with E-state index >= 15 is 0 Å². The zero-order valence-corrected chi connectivity index (χ0v) is 17.1. The van der Waals surface area contributed by atoms with Crippen LogP contribution in [0.2, 0.25) is 0 Å². The number of rotatable bonds is 6. The van der Waals surface area contributed by atoms with Crippen molar-refractivity contribution in [2.75, 3.05) is 0 Å². The Morgan fingerprint density at radius 3 is 2.46 bits per heavy atom. The minimum Gasteiger partial charge on any atom is -0.349 e. The molecule has 1 aromatic heterocycles. The summed E-state index contributed by atoms with van der Waals surface area (Å²) in [5.41, 5.74) is 2.99. The Labute approximate surface area is 168 Å². The van der Waals surface area contributed by atoms with E-state index in [1.165, 1.54) is 23.9 Å². The molecule has 146 valence electrons. The van der Waals surface area contributed by atoms with Gasteiger partial charge < -0.3 is 9.88 Å². The minimum atomic E-state index is -0.351. The number of thioether (sulfide) groups is 1. The molecule has 3 aromatic rings. The summed E-state index contributed by atoms with van der Waals surface area (Å²) in [6, 6.07) is 13.9.